The molecule has 1 N–H and O–H groups in total. The average Bonchev–Trinajstić information content (AvgIpc) is 3.46. The van der Waals surface area contributed by atoms with Crippen LogP contribution in [0.4, 0.5) is 11.5 Å². The van der Waals surface area contributed by atoms with Crippen LogP contribution >= 0.6 is 0 Å². The van der Waals surface area contributed by atoms with Crippen molar-refractivity contribution in [3.63, 3.8) is 0 Å². The van der Waals surface area contributed by atoms with Crippen LogP contribution in [0.1, 0.15) is 42.1 Å². The molecule has 1 saturated carbocycles. The van der Waals surface area contributed by atoms with Crippen LogP contribution in [0.3, 0.4) is 0 Å². The SMILES string of the molecule is O=C(Nc1ccnn1C1CCCC1)c1ccc(OS(=O)(=O)c2cccc([N+](=O)[O-])c2)cc1. The average molecular weight is 456 g/mol. The number of anilines is 1. The van der Waals surface area contributed by atoms with Gasteiger partial charge < -0.3 is 9.50 Å². The van der Waals surface area contributed by atoms with Gasteiger partial charge in [0.2, 0.25) is 0 Å². The molecule has 0 atom stereocenters. The van der Waals surface area contributed by atoms with Crippen LogP contribution in [0.5, 0.6) is 5.75 Å². The highest BCUT2D eigenvalue weighted by atomic mass is 32.2. The Hall–Kier alpha value is -3.73. The molecule has 32 heavy (non-hydrogen) atoms. The Balaban J connectivity index is 1.45. The number of nitro groups is 1. The first-order valence-corrected chi connectivity index (χ1v) is 11.4. The summed E-state index contributed by atoms with van der Waals surface area (Å²) in [5, 5.41) is 18.0. The Labute approximate surface area is 184 Å². The van der Waals surface area contributed by atoms with E-state index in [0.717, 1.165) is 31.7 Å². The molecule has 1 aliphatic carbocycles. The molecule has 1 heterocycles. The number of carbonyl (C=O) groups is 1. The lowest BCUT2D eigenvalue weighted by Gasteiger charge is -2.14. The van der Waals surface area contributed by atoms with Gasteiger partial charge in [-0.1, -0.05) is 18.9 Å². The van der Waals surface area contributed by atoms with Gasteiger partial charge in [-0.3, -0.25) is 14.9 Å². The number of nitrogens with zero attached hydrogens (tertiary/aromatic N) is 3. The smallest absolute Gasteiger partial charge is 0.339 e. The highest BCUT2D eigenvalue weighted by molar-refractivity contribution is 7.87. The molecule has 0 aliphatic heterocycles. The molecule has 0 spiro atoms. The molecule has 1 aromatic heterocycles. The molecule has 4 rings (SSSR count). The van der Waals surface area contributed by atoms with Gasteiger partial charge in [-0.05, 0) is 43.2 Å². The lowest BCUT2D eigenvalue weighted by molar-refractivity contribution is -0.385. The molecule has 10 nitrogen and oxygen atoms in total. The Bertz CT molecular complexity index is 1250. The van der Waals surface area contributed by atoms with E-state index in [1.54, 1.807) is 12.3 Å². The van der Waals surface area contributed by atoms with Crippen LogP contribution in [0.2, 0.25) is 0 Å². The number of nitrogens with one attached hydrogen (secondary N) is 1. The molecule has 2 aromatic carbocycles. The fourth-order valence-corrected chi connectivity index (χ4v) is 4.60. The van der Waals surface area contributed by atoms with Crippen molar-refractivity contribution in [1.29, 1.82) is 0 Å². The summed E-state index contributed by atoms with van der Waals surface area (Å²) in [6.07, 6.45) is 5.96. The predicted molar refractivity (Wildman–Crippen MR) is 115 cm³/mol. The van der Waals surface area contributed by atoms with E-state index >= 15 is 0 Å². The normalized spacial score (nSPS) is 14.2. The summed E-state index contributed by atoms with van der Waals surface area (Å²) >= 11 is 0. The van der Waals surface area contributed by atoms with Gasteiger partial charge in [0.25, 0.3) is 11.6 Å². The van der Waals surface area contributed by atoms with Crippen LogP contribution in [0, 0.1) is 10.1 Å². The molecule has 11 heteroatoms. The topological polar surface area (TPSA) is 133 Å². The minimum absolute atomic E-state index is 0.0240. The van der Waals surface area contributed by atoms with E-state index in [4.69, 9.17) is 4.18 Å². The molecule has 0 bridgehead atoms. The number of carbonyl (C=O) groups excluding carboxylic acids is 1. The van der Waals surface area contributed by atoms with Crippen molar-refractivity contribution < 1.29 is 22.3 Å². The van der Waals surface area contributed by atoms with E-state index in [0.29, 0.717) is 11.4 Å². The zero-order valence-electron chi connectivity index (χ0n) is 16.9. The zero-order valence-corrected chi connectivity index (χ0v) is 17.7. The van der Waals surface area contributed by atoms with Gasteiger partial charge in [-0.2, -0.15) is 13.5 Å². The van der Waals surface area contributed by atoms with Crippen molar-refractivity contribution in [2.75, 3.05) is 5.32 Å². The summed E-state index contributed by atoms with van der Waals surface area (Å²) < 4.78 is 31.8. The summed E-state index contributed by atoms with van der Waals surface area (Å²) in [4.78, 5) is 22.5. The van der Waals surface area contributed by atoms with Gasteiger partial charge in [0.05, 0.1) is 17.2 Å². The summed E-state index contributed by atoms with van der Waals surface area (Å²) in [6.45, 7) is 0. The maximum atomic E-state index is 12.6. The number of hydrogen-bond donors (Lipinski definition) is 1. The molecule has 0 unspecified atom stereocenters. The number of amides is 1. The van der Waals surface area contributed by atoms with E-state index < -0.39 is 15.0 Å². The summed E-state index contributed by atoms with van der Waals surface area (Å²) in [5.74, 6) is 0.220. The van der Waals surface area contributed by atoms with E-state index in [1.807, 2.05) is 4.68 Å². The number of hydrogen-bond acceptors (Lipinski definition) is 7. The standard InChI is InChI=1S/C21H20N4O6S/c26-21(23-20-12-13-22-24(20)16-4-1-2-5-16)15-8-10-18(11-9-15)31-32(29,30)19-7-3-6-17(14-19)25(27)28/h3,6-14,16H,1-2,4-5H2,(H,23,26). The number of aromatic nitrogens is 2. The zero-order chi connectivity index (χ0) is 22.7. The third kappa shape index (κ3) is 4.62. The van der Waals surface area contributed by atoms with Crippen LogP contribution in [0.25, 0.3) is 0 Å². The summed E-state index contributed by atoms with van der Waals surface area (Å²) in [7, 11) is -4.28. The minimum Gasteiger partial charge on any atom is -0.379 e. The fourth-order valence-electron chi connectivity index (χ4n) is 3.63. The van der Waals surface area contributed by atoms with Crippen molar-refractivity contribution in [1.82, 2.24) is 9.78 Å². The highest BCUT2D eigenvalue weighted by Crippen LogP contribution is 2.31. The van der Waals surface area contributed by atoms with E-state index in [-0.39, 0.29) is 28.3 Å². The lowest BCUT2D eigenvalue weighted by Crippen LogP contribution is -2.17. The van der Waals surface area contributed by atoms with Crippen LogP contribution in [-0.4, -0.2) is 29.0 Å². The van der Waals surface area contributed by atoms with Crippen LogP contribution < -0.4 is 9.50 Å². The second-order valence-corrected chi connectivity index (χ2v) is 8.92. The molecule has 0 radical (unpaired) electrons. The Kier molecular flexibility index (Phi) is 5.91. The lowest BCUT2D eigenvalue weighted by atomic mass is 10.2. The first-order chi connectivity index (χ1) is 15.3. The minimum atomic E-state index is -4.28. The quantitative estimate of drug-likeness (QED) is 0.323. The van der Waals surface area contributed by atoms with Crippen LogP contribution in [0.15, 0.2) is 65.7 Å². The number of rotatable bonds is 7. The monoisotopic (exact) mass is 456 g/mol. The van der Waals surface area contributed by atoms with E-state index in [2.05, 4.69) is 10.4 Å². The molecule has 166 valence electrons. The maximum absolute atomic E-state index is 12.6. The summed E-state index contributed by atoms with van der Waals surface area (Å²) in [5.41, 5.74) is -0.0530. The predicted octanol–water partition coefficient (Wildman–Crippen LogP) is 3.93. The van der Waals surface area contributed by atoms with Gasteiger partial charge in [0.15, 0.2) is 0 Å². The second kappa shape index (κ2) is 8.79. The number of non-ortho nitro benzene ring substituents is 1. The van der Waals surface area contributed by atoms with E-state index in [9.17, 15) is 23.3 Å². The number of benzene rings is 2. The molecule has 3 aromatic rings. The van der Waals surface area contributed by atoms with Gasteiger partial charge >= 0.3 is 10.1 Å². The molecule has 1 amide bonds. The molecule has 0 saturated heterocycles. The second-order valence-electron chi connectivity index (χ2n) is 7.37. The van der Waals surface area contributed by atoms with Crippen LogP contribution in [-0.2, 0) is 10.1 Å². The molecular formula is C21H20N4O6S. The third-order valence-corrected chi connectivity index (χ3v) is 6.47. The van der Waals surface area contributed by atoms with Gasteiger partial charge in [0, 0.05) is 23.8 Å². The fraction of sp³-hybridized carbons (Fsp3) is 0.238. The Morgan fingerprint density at radius 1 is 1.12 bits per heavy atom. The maximum Gasteiger partial charge on any atom is 0.339 e. The first kappa shape index (κ1) is 21.5. The van der Waals surface area contributed by atoms with Crippen molar-refractivity contribution in [2.45, 2.75) is 36.6 Å². The van der Waals surface area contributed by atoms with Crippen molar-refractivity contribution in [3.8, 4) is 5.75 Å². The molecule has 1 fully saturated rings. The first-order valence-electron chi connectivity index (χ1n) is 9.97. The van der Waals surface area contributed by atoms with Gasteiger partial charge in [0.1, 0.15) is 16.5 Å². The van der Waals surface area contributed by atoms with E-state index in [1.165, 1.54) is 42.5 Å². The molecular weight excluding hydrogens is 436 g/mol. The van der Waals surface area contributed by atoms with Gasteiger partial charge in [-0.25, -0.2) is 4.68 Å². The summed E-state index contributed by atoms with van der Waals surface area (Å²) in [6, 6.07) is 12.1. The third-order valence-electron chi connectivity index (χ3n) is 5.22. The largest absolute Gasteiger partial charge is 0.379 e. The van der Waals surface area contributed by atoms with Crippen molar-refractivity contribution in [3.05, 3.63) is 76.5 Å². The Morgan fingerprint density at radius 3 is 2.53 bits per heavy atom. The Morgan fingerprint density at radius 2 is 1.84 bits per heavy atom. The molecule has 1 aliphatic rings. The number of nitro benzene ring substituents is 1. The highest BCUT2D eigenvalue weighted by Gasteiger charge is 2.22. The van der Waals surface area contributed by atoms with Crippen molar-refractivity contribution >= 4 is 27.5 Å². The van der Waals surface area contributed by atoms with Gasteiger partial charge in [-0.15, -0.1) is 0 Å². The van der Waals surface area contributed by atoms with Crippen molar-refractivity contribution in [2.24, 2.45) is 0 Å².